The van der Waals surface area contributed by atoms with Gasteiger partial charge in [-0.25, -0.2) is 0 Å². The summed E-state index contributed by atoms with van der Waals surface area (Å²) in [4.78, 5) is 0. The van der Waals surface area contributed by atoms with E-state index in [9.17, 15) is 8.42 Å². The number of nitrogens with zero attached hydrogens (tertiary/aromatic N) is 2. The van der Waals surface area contributed by atoms with Gasteiger partial charge in [0.2, 0.25) is 0 Å². The van der Waals surface area contributed by atoms with Gasteiger partial charge in [0.1, 0.15) is 0 Å². The quantitative estimate of drug-likeness (QED) is 0.665. The second-order valence-corrected chi connectivity index (χ2v) is 4.56. The van der Waals surface area contributed by atoms with E-state index in [1.807, 2.05) is 0 Å². The summed E-state index contributed by atoms with van der Waals surface area (Å²) in [6.07, 6.45) is 1.35. The summed E-state index contributed by atoms with van der Waals surface area (Å²) in [6, 6.07) is 0. The first-order chi connectivity index (χ1) is 7.01. The van der Waals surface area contributed by atoms with Crippen molar-refractivity contribution in [3.05, 3.63) is 6.20 Å². The average molecular weight is 233 g/mol. The lowest BCUT2D eigenvalue weighted by Gasteiger charge is -2.18. The zero-order chi connectivity index (χ0) is 11.5. The fraction of sp³-hybridized carbons (Fsp3) is 0.571. The molecule has 4 N–H and O–H groups in total. The van der Waals surface area contributed by atoms with E-state index in [1.54, 1.807) is 13.8 Å². The molecule has 0 aliphatic rings. The van der Waals surface area contributed by atoms with Gasteiger partial charge < -0.3 is 5.73 Å². The zero-order valence-corrected chi connectivity index (χ0v) is 9.50. The third kappa shape index (κ3) is 2.60. The number of H-pyrrole nitrogens is 1. The van der Waals surface area contributed by atoms with E-state index in [-0.39, 0.29) is 11.5 Å². The molecule has 8 heteroatoms. The summed E-state index contributed by atoms with van der Waals surface area (Å²) in [5.74, 6) is 0.196. The molecule has 86 valence electrons. The fourth-order valence-electron chi connectivity index (χ4n) is 1.13. The molecule has 0 spiro atoms. The number of aromatic nitrogens is 2. The predicted molar refractivity (Wildman–Crippen MR) is 58.5 cm³/mol. The van der Waals surface area contributed by atoms with Crippen molar-refractivity contribution in [2.24, 2.45) is 0 Å². The van der Waals surface area contributed by atoms with E-state index in [2.05, 4.69) is 14.9 Å². The summed E-state index contributed by atoms with van der Waals surface area (Å²) in [6.45, 7) is 4.33. The minimum atomic E-state index is -3.54. The number of anilines is 2. The van der Waals surface area contributed by atoms with E-state index in [0.29, 0.717) is 13.1 Å². The molecule has 0 aliphatic heterocycles. The molecule has 15 heavy (non-hydrogen) atoms. The van der Waals surface area contributed by atoms with Crippen LogP contribution < -0.4 is 10.5 Å². The molecule has 7 nitrogen and oxygen atoms in total. The maximum atomic E-state index is 11.7. The lowest BCUT2D eigenvalue weighted by molar-refractivity contribution is 0.449. The van der Waals surface area contributed by atoms with Crippen molar-refractivity contribution >= 4 is 21.7 Å². The van der Waals surface area contributed by atoms with E-state index in [1.165, 1.54) is 10.5 Å². The van der Waals surface area contributed by atoms with Crippen LogP contribution in [-0.4, -0.2) is 36.0 Å². The predicted octanol–water partition coefficient (Wildman–Crippen LogP) is -0.00960. The van der Waals surface area contributed by atoms with Gasteiger partial charge in [-0.05, 0) is 0 Å². The largest absolute Gasteiger partial charge is 0.394 e. The lowest BCUT2D eigenvalue weighted by Crippen LogP contribution is -2.35. The Bertz CT molecular complexity index is 409. The standard InChI is InChI=1S/C7H15N5O2S/c1-3-12(4-2)15(13,14)11-7-6(8)5-9-10-7/h5H,3-4,8H2,1-2H3,(H2,9,10,11). The first-order valence-corrected chi connectivity index (χ1v) is 6.02. The molecule has 1 heterocycles. The second-order valence-electron chi connectivity index (χ2n) is 2.89. The SMILES string of the molecule is CCN(CC)S(=O)(=O)Nc1[nH]ncc1N. The molecule has 0 atom stereocenters. The van der Waals surface area contributed by atoms with Crippen LogP contribution in [0.25, 0.3) is 0 Å². The van der Waals surface area contributed by atoms with Gasteiger partial charge in [0.25, 0.3) is 0 Å². The van der Waals surface area contributed by atoms with E-state index in [4.69, 9.17) is 5.73 Å². The Labute approximate surface area is 88.8 Å². The molecule has 0 amide bonds. The number of hydrogen-bond acceptors (Lipinski definition) is 4. The van der Waals surface area contributed by atoms with Crippen molar-refractivity contribution in [3.63, 3.8) is 0 Å². The van der Waals surface area contributed by atoms with Crippen LogP contribution >= 0.6 is 0 Å². The Hall–Kier alpha value is -1.28. The van der Waals surface area contributed by atoms with E-state index < -0.39 is 10.2 Å². The van der Waals surface area contributed by atoms with Crippen molar-refractivity contribution in [2.45, 2.75) is 13.8 Å². The van der Waals surface area contributed by atoms with Crippen molar-refractivity contribution in [2.75, 3.05) is 23.5 Å². The highest BCUT2D eigenvalue weighted by atomic mass is 32.2. The van der Waals surface area contributed by atoms with E-state index >= 15 is 0 Å². The van der Waals surface area contributed by atoms with Gasteiger partial charge in [0.05, 0.1) is 11.9 Å². The highest BCUT2D eigenvalue weighted by Gasteiger charge is 2.19. The van der Waals surface area contributed by atoms with Gasteiger partial charge in [-0.15, -0.1) is 0 Å². The molecule has 1 aromatic rings. The number of rotatable bonds is 5. The van der Waals surface area contributed by atoms with Gasteiger partial charge in [-0.2, -0.15) is 17.8 Å². The molecule has 0 radical (unpaired) electrons. The molecule has 0 bridgehead atoms. The summed E-state index contributed by atoms with van der Waals surface area (Å²) in [7, 11) is -3.54. The first-order valence-electron chi connectivity index (χ1n) is 4.58. The molecule has 0 unspecified atom stereocenters. The van der Waals surface area contributed by atoms with Gasteiger partial charge in [-0.3, -0.25) is 9.82 Å². The molecule has 1 rings (SSSR count). The Balaban J connectivity index is 2.86. The van der Waals surface area contributed by atoms with E-state index in [0.717, 1.165) is 0 Å². The van der Waals surface area contributed by atoms with Crippen molar-refractivity contribution in [3.8, 4) is 0 Å². The van der Waals surface area contributed by atoms with Gasteiger partial charge in [0.15, 0.2) is 5.82 Å². The van der Waals surface area contributed by atoms with Crippen LogP contribution in [-0.2, 0) is 10.2 Å². The Morgan fingerprint density at radius 2 is 2.13 bits per heavy atom. The van der Waals surface area contributed by atoms with Crippen LogP contribution in [0, 0.1) is 0 Å². The fourth-order valence-corrected chi connectivity index (χ4v) is 2.36. The third-order valence-corrected chi connectivity index (χ3v) is 3.60. The van der Waals surface area contributed by atoms with Crippen LogP contribution in [0.3, 0.4) is 0 Å². The minimum absolute atomic E-state index is 0.196. The number of aromatic amines is 1. The molecule has 0 saturated heterocycles. The Kier molecular flexibility index (Phi) is 3.53. The van der Waals surface area contributed by atoms with Gasteiger partial charge in [0, 0.05) is 13.1 Å². The smallest absolute Gasteiger partial charge is 0.302 e. The average Bonchev–Trinajstić information content (AvgIpc) is 2.52. The third-order valence-electron chi connectivity index (χ3n) is 1.95. The monoisotopic (exact) mass is 233 g/mol. The number of nitrogens with two attached hydrogens (primary N) is 1. The molecular formula is C7H15N5O2S. The highest BCUT2D eigenvalue weighted by Crippen LogP contribution is 2.15. The summed E-state index contributed by atoms with van der Waals surface area (Å²) >= 11 is 0. The van der Waals surface area contributed by atoms with Crippen LogP contribution in [0.2, 0.25) is 0 Å². The minimum Gasteiger partial charge on any atom is -0.394 e. The summed E-state index contributed by atoms with van der Waals surface area (Å²) in [5, 5.41) is 6.09. The molecule has 1 aromatic heterocycles. The molecule has 0 aliphatic carbocycles. The lowest BCUT2D eigenvalue weighted by atomic mass is 10.6. The Morgan fingerprint density at radius 1 is 1.53 bits per heavy atom. The van der Waals surface area contributed by atoms with Crippen molar-refractivity contribution < 1.29 is 8.42 Å². The number of nitrogen functional groups attached to an aromatic ring is 1. The summed E-state index contributed by atoms with van der Waals surface area (Å²) in [5.41, 5.74) is 5.76. The zero-order valence-electron chi connectivity index (χ0n) is 8.69. The van der Waals surface area contributed by atoms with Gasteiger partial charge in [-0.1, -0.05) is 13.8 Å². The molecule has 0 fully saturated rings. The van der Waals surface area contributed by atoms with Crippen LogP contribution in [0.1, 0.15) is 13.8 Å². The summed E-state index contributed by atoms with van der Waals surface area (Å²) < 4.78 is 27.1. The van der Waals surface area contributed by atoms with Crippen molar-refractivity contribution in [1.29, 1.82) is 0 Å². The second kappa shape index (κ2) is 4.49. The van der Waals surface area contributed by atoms with Gasteiger partial charge >= 0.3 is 10.2 Å². The highest BCUT2D eigenvalue weighted by molar-refractivity contribution is 7.90. The number of hydrogen-bond donors (Lipinski definition) is 3. The Morgan fingerprint density at radius 3 is 2.53 bits per heavy atom. The maximum absolute atomic E-state index is 11.7. The topological polar surface area (TPSA) is 104 Å². The van der Waals surface area contributed by atoms with Crippen LogP contribution in [0.5, 0.6) is 0 Å². The molecular weight excluding hydrogens is 218 g/mol. The molecule has 0 saturated carbocycles. The maximum Gasteiger partial charge on any atom is 0.302 e. The van der Waals surface area contributed by atoms with Crippen LogP contribution in [0.4, 0.5) is 11.5 Å². The first kappa shape index (κ1) is 11.8. The van der Waals surface area contributed by atoms with Crippen LogP contribution in [0.15, 0.2) is 6.20 Å². The normalized spacial score (nSPS) is 11.9. The van der Waals surface area contributed by atoms with Crippen molar-refractivity contribution in [1.82, 2.24) is 14.5 Å². The molecule has 0 aromatic carbocycles. The number of nitrogens with one attached hydrogen (secondary N) is 2.